The van der Waals surface area contributed by atoms with Gasteiger partial charge < -0.3 is 14.7 Å². The Kier molecular flexibility index (Phi) is 7.62. The van der Waals surface area contributed by atoms with Crippen LogP contribution in [0.25, 0.3) is 5.76 Å². The first-order chi connectivity index (χ1) is 15.7. The van der Waals surface area contributed by atoms with Crippen molar-refractivity contribution in [3.8, 4) is 5.75 Å². The molecule has 0 saturated carbocycles. The summed E-state index contributed by atoms with van der Waals surface area (Å²) in [6, 6.07) is 12.8. The fourth-order valence-electron chi connectivity index (χ4n) is 4.35. The van der Waals surface area contributed by atoms with Crippen LogP contribution in [0.4, 0.5) is 0 Å². The van der Waals surface area contributed by atoms with E-state index in [9.17, 15) is 14.7 Å². The van der Waals surface area contributed by atoms with E-state index in [0.717, 1.165) is 16.9 Å². The predicted octanol–water partition coefficient (Wildman–Crippen LogP) is 6.16. The number of carbonyl (C=O) groups is 2. The molecule has 1 N–H and O–H groups in total. The van der Waals surface area contributed by atoms with Crippen molar-refractivity contribution in [2.24, 2.45) is 0 Å². The number of carbonyl (C=O) groups excluding carboxylic acids is 2. The van der Waals surface area contributed by atoms with Crippen molar-refractivity contribution in [2.75, 3.05) is 13.2 Å². The van der Waals surface area contributed by atoms with Crippen molar-refractivity contribution in [3.05, 3.63) is 70.3 Å². The van der Waals surface area contributed by atoms with Crippen molar-refractivity contribution in [2.45, 2.75) is 65.8 Å². The van der Waals surface area contributed by atoms with Gasteiger partial charge in [-0.15, -0.1) is 0 Å². The van der Waals surface area contributed by atoms with Crippen LogP contribution in [0, 0.1) is 0 Å². The van der Waals surface area contributed by atoms with Crippen LogP contribution in [0.5, 0.6) is 5.75 Å². The summed E-state index contributed by atoms with van der Waals surface area (Å²) in [4.78, 5) is 27.6. The molecule has 0 aliphatic carbocycles. The number of rotatable bonds is 8. The highest BCUT2D eigenvalue weighted by Crippen LogP contribution is 2.40. The SMILES string of the molecule is CCCN1C(=O)C(=O)/C(=C(\O)c2ccc(OCC)c(C(C)C)c2)C1c1ccc(C(C)C)cc1. The lowest BCUT2D eigenvalue weighted by Crippen LogP contribution is -2.30. The van der Waals surface area contributed by atoms with E-state index in [4.69, 9.17) is 4.74 Å². The van der Waals surface area contributed by atoms with E-state index in [2.05, 4.69) is 27.7 Å². The van der Waals surface area contributed by atoms with Gasteiger partial charge >= 0.3 is 0 Å². The van der Waals surface area contributed by atoms with E-state index in [-0.39, 0.29) is 17.3 Å². The molecule has 1 heterocycles. The Morgan fingerprint density at radius 1 is 1.00 bits per heavy atom. The number of amides is 1. The largest absolute Gasteiger partial charge is 0.507 e. The first kappa shape index (κ1) is 24.6. The maximum absolute atomic E-state index is 13.1. The van der Waals surface area contributed by atoms with Crippen molar-refractivity contribution in [1.82, 2.24) is 4.90 Å². The van der Waals surface area contributed by atoms with Crippen LogP contribution in [0.15, 0.2) is 48.0 Å². The molecular formula is C28H35NO4. The van der Waals surface area contributed by atoms with Gasteiger partial charge in [0.15, 0.2) is 0 Å². The lowest BCUT2D eigenvalue weighted by molar-refractivity contribution is -0.139. The summed E-state index contributed by atoms with van der Waals surface area (Å²) in [5.41, 5.74) is 3.61. The summed E-state index contributed by atoms with van der Waals surface area (Å²) in [6.07, 6.45) is 0.716. The summed E-state index contributed by atoms with van der Waals surface area (Å²) >= 11 is 0. The molecule has 33 heavy (non-hydrogen) atoms. The van der Waals surface area contributed by atoms with Gasteiger partial charge in [0.05, 0.1) is 18.2 Å². The van der Waals surface area contributed by atoms with Gasteiger partial charge in [-0.25, -0.2) is 0 Å². The number of hydrogen-bond acceptors (Lipinski definition) is 4. The van der Waals surface area contributed by atoms with Crippen LogP contribution < -0.4 is 4.74 Å². The molecule has 1 aliphatic heterocycles. The van der Waals surface area contributed by atoms with Gasteiger partial charge in [0.25, 0.3) is 11.7 Å². The maximum Gasteiger partial charge on any atom is 0.295 e. The maximum atomic E-state index is 13.1. The standard InChI is InChI=1S/C28H35NO4/c1-7-15-29-25(20-11-9-19(10-12-20)17(3)4)24(27(31)28(29)32)26(30)21-13-14-23(33-8-2)22(16-21)18(5)6/h9-14,16-18,25,30H,7-8,15H2,1-6H3/b26-24-. The van der Waals surface area contributed by atoms with Gasteiger partial charge in [-0.2, -0.15) is 0 Å². The number of aliphatic hydroxyl groups excluding tert-OH is 1. The molecule has 2 aromatic carbocycles. The molecule has 5 nitrogen and oxygen atoms in total. The van der Waals surface area contributed by atoms with Crippen LogP contribution >= 0.6 is 0 Å². The first-order valence-corrected chi connectivity index (χ1v) is 11.9. The summed E-state index contributed by atoms with van der Waals surface area (Å²) < 4.78 is 5.74. The van der Waals surface area contributed by atoms with E-state index in [1.165, 1.54) is 5.56 Å². The molecule has 0 radical (unpaired) electrons. The van der Waals surface area contributed by atoms with E-state index >= 15 is 0 Å². The highest BCUT2D eigenvalue weighted by atomic mass is 16.5. The molecule has 0 bridgehead atoms. The Bertz CT molecular complexity index is 1050. The van der Waals surface area contributed by atoms with Gasteiger partial charge in [0.2, 0.25) is 0 Å². The molecule has 1 amide bonds. The van der Waals surface area contributed by atoms with Gasteiger partial charge in [0, 0.05) is 12.1 Å². The van der Waals surface area contributed by atoms with Crippen LogP contribution in [-0.2, 0) is 9.59 Å². The number of benzene rings is 2. The fourth-order valence-corrected chi connectivity index (χ4v) is 4.35. The molecule has 1 atom stereocenters. The molecule has 3 rings (SSSR count). The lowest BCUT2D eigenvalue weighted by Gasteiger charge is -2.25. The number of likely N-dealkylation sites (tertiary alicyclic amines) is 1. The molecule has 176 valence electrons. The van der Waals surface area contributed by atoms with Crippen molar-refractivity contribution in [3.63, 3.8) is 0 Å². The number of Topliss-reactive ketones (excluding diaryl/α,β-unsaturated/α-hetero) is 1. The van der Waals surface area contributed by atoms with Crippen molar-refractivity contribution >= 4 is 17.4 Å². The van der Waals surface area contributed by atoms with Crippen molar-refractivity contribution in [1.29, 1.82) is 0 Å². The minimum Gasteiger partial charge on any atom is -0.507 e. The zero-order valence-corrected chi connectivity index (χ0v) is 20.5. The Hall–Kier alpha value is -3.08. The molecule has 0 spiro atoms. The Balaban J connectivity index is 2.17. The lowest BCUT2D eigenvalue weighted by atomic mass is 9.92. The minimum atomic E-state index is -0.640. The molecule has 1 unspecified atom stereocenters. The Labute approximate surface area is 197 Å². The molecule has 5 heteroatoms. The number of ketones is 1. The minimum absolute atomic E-state index is 0.143. The van der Waals surface area contributed by atoms with Crippen LogP contribution in [0.3, 0.4) is 0 Å². The average molecular weight is 450 g/mol. The van der Waals surface area contributed by atoms with Gasteiger partial charge in [-0.05, 0) is 60.1 Å². The van der Waals surface area contributed by atoms with Gasteiger partial charge in [-0.1, -0.05) is 58.9 Å². The number of nitrogens with zero attached hydrogens (tertiary/aromatic N) is 1. The Morgan fingerprint density at radius 2 is 1.67 bits per heavy atom. The second kappa shape index (κ2) is 10.2. The molecule has 0 aromatic heterocycles. The van der Waals surface area contributed by atoms with Crippen molar-refractivity contribution < 1.29 is 19.4 Å². The van der Waals surface area contributed by atoms with Crippen LogP contribution in [-0.4, -0.2) is 34.8 Å². The van der Waals surface area contributed by atoms with E-state index < -0.39 is 17.7 Å². The molecule has 1 saturated heterocycles. The summed E-state index contributed by atoms with van der Waals surface area (Å²) in [5, 5.41) is 11.3. The fraction of sp³-hybridized carbons (Fsp3) is 0.429. The summed E-state index contributed by atoms with van der Waals surface area (Å²) in [7, 11) is 0. The summed E-state index contributed by atoms with van der Waals surface area (Å²) in [6.45, 7) is 13.2. The van der Waals surface area contributed by atoms with Gasteiger partial charge in [-0.3, -0.25) is 9.59 Å². The topological polar surface area (TPSA) is 66.8 Å². The third kappa shape index (κ3) is 4.82. The Morgan fingerprint density at radius 3 is 2.21 bits per heavy atom. The normalized spacial score (nSPS) is 17.9. The molecule has 1 fully saturated rings. The highest BCUT2D eigenvalue weighted by molar-refractivity contribution is 6.46. The van der Waals surface area contributed by atoms with Crippen LogP contribution in [0.2, 0.25) is 0 Å². The second-order valence-electron chi connectivity index (χ2n) is 9.15. The smallest absolute Gasteiger partial charge is 0.295 e. The zero-order valence-electron chi connectivity index (χ0n) is 20.5. The zero-order chi connectivity index (χ0) is 24.3. The number of hydrogen-bond donors (Lipinski definition) is 1. The third-order valence-corrected chi connectivity index (χ3v) is 6.13. The quantitative estimate of drug-likeness (QED) is 0.298. The first-order valence-electron chi connectivity index (χ1n) is 11.9. The molecule has 1 aliphatic rings. The predicted molar refractivity (Wildman–Crippen MR) is 132 cm³/mol. The van der Waals surface area contributed by atoms with Crippen LogP contribution in [0.1, 0.15) is 88.1 Å². The monoisotopic (exact) mass is 449 g/mol. The molecule has 2 aromatic rings. The third-order valence-electron chi connectivity index (χ3n) is 6.13. The van der Waals surface area contributed by atoms with Gasteiger partial charge in [0.1, 0.15) is 11.5 Å². The average Bonchev–Trinajstić information content (AvgIpc) is 3.04. The number of ether oxygens (including phenoxy) is 1. The summed E-state index contributed by atoms with van der Waals surface area (Å²) in [5.74, 6) is -0.0445. The van der Waals surface area contributed by atoms with E-state index in [1.54, 1.807) is 11.0 Å². The highest BCUT2D eigenvalue weighted by Gasteiger charge is 2.45. The second-order valence-corrected chi connectivity index (χ2v) is 9.15. The molecular weight excluding hydrogens is 414 g/mol. The van der Waals surface area contributed by atoms with E-state index in [0.29, 0.717) is 31.1 Å². The number of aliphatic hydroxyl groups is 1. The van der Waals surface area contributed by atoms with E-state index in [1.807, 2.05) is 50.2 Å².